The minimum absolute atomic E-state index is 0.0143. The van der Waals surface area contributed by atoms with E-state index in [9.17, 15) is 19.5 Å². The third kappa shape index (κ3) is 3.10. The van der Waals surface area contributed by atoms with Crippen molar-refractivity contribution in [1.29, 1.82) is 0 Å². The Hall–Kier alpha value is -2.63. The number of rotatable bonds is 5. The summed E-state index contributed by atoms with van der Waals surface area (Å²) in [5.74, 6) is -1.32. The number of methoxy groups -OCH3 is 1. The molecule has 0 saturated heterocycles. The molecule has 0 atom stereocenters. The van der Waals surface area contributed by atoms with Crippen molar-refractivity contribution in [3.8, 4) is 5.75 Å². The monoisotopic (exact) mass is 289 g/mol. The van der Waals surface area contributed by atoms with Crippen molar-refractivity contribution in [3.63, 3.8) is 0 Å². The quantitative estimate of drug-likeness (QED) is 0.625. The van der Waals surface area contributed by atoms with E-state index in [1.54, 1.807) is 0 Å². The number of phenols is 1. The average molecular weight is 289 g/mol. The molecular weight excluding hydrogens is 274 g/mol. The Balaban J connectivity index is 2.06. The van der Waals surface area contributed by atoms with E-state index < -0.39 is 5.78 Å². The van der Waals surface area contributed by atoms with Crippen LogP contribution >= 0.6 is 0 Å². The minimum atomic E-state index is -0.430. The number of nitrogens with one attached hydrogen (secondary N) is 1. The fourth-order valence-corrected chi connectivity index (χ4v) is 2.08. The SMILES string of the molecule is COC(=O)CCCNC1=CC(=O)c2cccc(O)c2C1=O. The third-order valence-corrected chi connectivity index (χ3v) is 3.16. The molecule has 0 aliphatic heterocycles. The summed E-state index contributed by atoms with van der Waals surface area (Å²) in [5, 5.41) is 12.6. The summed E-state index contributed by atoms with van der Waals surface area (Å²) in [7, 11) is 1.31. The first-order valence-electron chi connectivity index (χ1n) is 6.48. The van der Waals surface area contributed by atoms with Crippen LogP contribution in [-0.2, 0) is 9.53 Å². The van der Waals surface area contributed by atoms with E-state index in [2.05, 4.69) is 10.1 Å². The van der Waals surface area contributed by atoms with Gasteiger partial charge in [0.15, 0.2) is 5.78 Å². The van der Waals surface area contributed by atoms with Crippen molar-refractivity contribution in [2.45, 2.75) is 12.8 Å². The Bertz CT molecular complexity index is 633. The summed E-state index contributed by atoms with van der Waals surface area (Å²) in [4.78, 5) is 35.1. The van der Waals surface area contributed by atoms with Crippen LogP contribution in [0, 0.1) is 0 Å². The van der Waals surface area contributed by atoms with E-state index in [0.717, 1.165) is 0 Å². The number of phenolic OH excluding ortho intramolecular Hbond substituents is 1. The molecule has 0 saturated carbocycles. The van der Waals surface area contributed by atoms with Gasteiger partial charge in [-0.1, -0.05) is 12.1 Å². The van der Waals surface area contributed by atoms with Gasteiger partial charge in [-0.05, 0) is 12.5 Å². The van der Waals surface area contributed by atoms with Crippen LogP contribution in [0.15, 0.2) is 30.0 Å². The summed E-state index contributed by atoms with van der Waals surface area (Å²) < 4.78 is 4.51. The highest BCUT2D eigenvalue weighted by Gasteiger charge is 2.27. The number of aromatic hydroxyl groups is 1. The van der Waals surface area contributed by atoms with E-state index in [1.807, 2.05) is 0 Å². The molecule has 2 N–H and O–H groups in total. The van der Waals surface area contributed by atoms with Crippen molar-refractivity contribution >= 4 is 17.5 Å². The molecule has 1 aromatic rings. The molecule has 21 heavy (non-hydrogen) atoms. The number of hydrogen-bond acceptors (Lipinski definition) is 6. The second-order valence-electron chi connectivity index (χ2n) is 4.56. The number of benzene rings is 1. The van der Waals surface area contributed by atoms with Gasteiger partial charge in [0.25, 0.3) is 0 Å². The van der Waals surface area contributed by atoms with Crippen LogP contribution < -0.4 is 5.32 Å². The lowest BCUT2D eigenvalue weighted by Crippen LogP contribution is -2.27. The topological polar surface area (TPSA) is 92.7 Å². The Morgan fingerprint density at radius 2 is 2.10 bits per heavy atom. The van der Waals surface area contributed by atoms with Gasteiger partial charge in [-0.3, -0.25) is 14.4 Å². The zero-order chi connectivity index (χ0) is 15.4. The Morgan fingerprint density at radius 3 is 2.81 bits per heavy atom. The van der Waals surface area contributed by atoms with Crippen molar-refractivity contribution < 1.29 is 24.2 Å². The van der Waals surface area contributed by atoms with Crippen LogP contribution in [0.1, 0.15) is 33.6 Å². The fourth-order valence-electron chi connectivity index (χ4n) is 2.08. The van der Waals surface area contributed by atoms with E-state index >= 15 is 0 Å². The molecule has 6 heteroatoms. The maximum atomic E-state index is 12.2. The van der Waals surface area contributed by atoms with Crippen LogP contribution in [0.3, 0.4) is 0 Å². The minimum Gasteiger partial charge on any atom is -0.507 e. The second kappa shape index (κ2) is 6.21. The number of carbonyl (C=O) groups is 3. The van der Waals surface area contributed by atoms with E-state index in [4.69, 9.17) is 0 Å². The molecule has 2 rings (SSSR count). The number of allylic oxidation sites excluding steroid dienone is 2. The lowest BCUT2D eigenvalue weighted by molar-refractivity contribution is -0.140. The number of carbonyl (C=O) groups excluding carboxylic acids is 3. The molecule has 0 aromatic heterocycles. The summed E-state index contributed by atoms with van der Waals surface area (Å²) in [6.07, 6.45) is 1.90. The van der Waals surface area contributed by atoms with Crippen molar-refractivity contribution in [2.24, 2.45) is 0 Å². The number of Topliss-reactive ketones (excluding diaryl/α,β-unsaturated/α-hetero) is 1. The van der Waals surface area contributed by atoms with Gasteiger partial charge in [0.1, 0.15) is 5.75 Å². The number of ketones is 2. The molecule has 1 aliphatic carbocycles. The molecule has 0 bridgehead atoms. The van der Waals surface area contributed by atoms with Crippen molar-refractivity contribution in [2.75, 3.05) is 13.7 Å². The lowest BCUT2D eigenvalue weighted by Gasteiger charge is -2.17. The first-order valence-corrected chi connectivity index (χ1v) is 6.48. The first-order chi connectivity index (χ1) is 10.0. The number of ether oxygens (including phenoxy) is 1. The van der Waals surface area contributed by atoms with Crippen LogP contribution in [-0.4, -0.2) is 36.3 Å². The van der Waals surface area contributed by atoms with Crippen LogP contribution in [0.5, 0.6) is 5.75 Å². The van der Waals surface area contributed by atoms with Crippen LogP contribution in [0.25, 0.3) is 0 Å². The third-order valence-electron chi connectivity index (χ3n) is 3.16. The van der Waals surface area contributed by atoms with Gasteiger partial charge in [-0.25, -0.2) is 0 Å². The molecule has 1 aliphatic rings. The first kappa shape index (κ1) is 14.8. The normalized spacial score (nSPS) is 13.5. The summed E-state index contributed by atoms with van der Waals surface area (Å²) in [5.41, 5.74) is 0.333. The van der Waals surface area contributed by atoms with Crippen molar-refractivity contribution in [1.82, 2.24) is 5.32 Å². The Morgan fingerprint density at radius 1 is 1.33 bits per heavy atom. The average Bonchev–Trinajstić information content (AvgIpc) is 2.47. The van der Waals surface area contributed by atoms with Gasteiger partial charge >= 0.3 is 5.97 Å². The fraction of sp³-hybridized carbons (Fsp3) is 0.267. The van der Waals surface area contributed by atoms with Gasteiger partial charge < -0.3 is 15.2 Å². The molecule has 0 spiro atoms. The standard InChI is InChI=1S/C15H15NO5/c1-21-13(19)6-3-7-16-10-8-12(18)9-4-2-5-11(17)14(9)15(10)20/h2,4-5,8,16-17H,3,6-7H2,1H3. The smallest absolute Gasteiger partial charge is 0.305 e. The van der Waals surface area contributed by atoms with Crippen molar-refractivity contribution in [3.05, 3.63) is 41.1 Å². The number of hydrogen-bond donors (Lipinski definition) is 2. The molecule has 6 nitrogen and oxygen atoms in total. The zero-order valence-corrected chi connectivity index (χ0v) is 11.5. The molecule has 0 fully saturated rings. The molecule has 0 unspecified atom stereocenters. The molecule has 1 aromatic carbocycles. The largest absolute Gasteiger partial charge is 0.507 e. The molecule has 110 valence electrons. The maximum absolute atomic E-state index is 12.2. The van der Waals surface area contributed by atoms with E-state index in [-0.39, 0.29) is 40.7 Å². The van der Waals surface area contributed by atoms with Crippen LogP contribution in [0.4, 0.5) is 0 Å². The van der Waals surface area contributed by atoms with E-state index in [1.165, 1.54) is 31.4 Å². The van der Waals surface area contributed by atoms with Gasteiger partial charge in [0.05, 0.1) is 18.4 Å². The highest BCUT2D eigenvalue weighted by molar-refractivity contribution is 6.25. The number of fused-ring (bicyclic) bond motifs is 1. The summed E-state index contributed by atoms with van der Waals surface area (Å²) in [6, 6.07) is 4.38. The lowest BCUT2D eigenvalue weighted by atomic mass is 9.92. The molecule has 0 heterocycles. The predicted molar refractivity (Wildman–Crippen MR) is 74.1 cm³/mol. The second-order valence-corrected chi connectivity index (χ2v) is 4.56. The summed E-state index contributed by atoms with van der Waals surface area (Å²) >= 11 is 0. The highest BCUT2D eigenvalue weighted by Crippen LogP contribution is 2.27. The molecule has 0 amide bonds. The van der Waals surface area contributed by atoms with Crippen LogP contribution in [0.2, 0.25) is 0 Å². The number of esters is 1. The van der Waals surface area contributed by atoms with Gasteiger partial charge in [0.2, 0.25) is 5.78 Å². The van der Waals surface area contributed by atoms with Gasteiger partial charge in [-0.2, -0.15) is 0 Å². The van der Waals surface area contributed by atoms with Gasteiger partial charge in [-0.15, -0.1) is 0 Å². The molecule has 0 radical (unpaired) electrons. The summed E-state index contributed by atoms with van der Waals surface area (Å²) in [6.45, 7) is 0.350. The maximum Gasteiger partial charge on any atom is 0.305 e. The van der Waals surface area contributed by atoms with Gasteiger partial charge in [0, 0.05) is 24.6 Å². The Labute approximate surface area is 121 Å². The molecular formula is C15H15NO5. The predicted octanol–water partition coefficient (Wildman–Crippen LogP) is 1.20. The van der Waals surface area contributed by atoms with E-state index in [0.29, 0.717) is 13.0 Å². The Kier molecular flexibility index (Phi) is 4.37. The zero-order valence-electron chi connectivity index (χ0n) is 11.5. The highest BCUT2D eigenvalue weighted by atomic mass is 16.5.